The van der Waals surface area contributed by atoms with Crippen molar-refractivity contribution in [3.05, 3.63) is 242 Å². The van der Waals surface area contributed by atoms with Crippen molar-refractivity contribution >= 4 is 62.6 Å². The summed E-state index contributed by atoms with van der Waals surface area (Å²) in [7, 11) is -2.13. The fourth-order valence-electron chi connectivity index (χ4n) is 13.5. The molecule has 0 aromatic heterocycles. The van der Waals surface area contributed by atoms with Gasteiger partial charge in [0.25, 0.3) is 0 Å². The second-order valence-electron chi connectivity index (χ2n) is 29.7. The van der Waals surface area contributed by atoms with Gasteiger partial charge in [-0.2, -0.15) is 0 Å². The van der Waals surface area contributed by atoms with E-state index in [9.17, 15) is 10.2 Å². The first kappa shape index (κ1) is 69.2. The monoisotopic (exact) mass is 1390 g/mol. The summed E-state index contributed by atoms with van der Waals surface area (Å²) in [4.78, 5) is 6.42. The van der Waals surface area contributed by atoms with Gasteiger partial charge in [0.1, 0.15) is 16.1 Å². The van der Waals surface area contributed by atoms with E-state index in [1.54, 1.807) is 91.6 Å². The molecule has 4 heterocycles. The van der Waals surface area contributed by atoms with E-state index >= 15 is 0 Å². The van der Waals surface area contributed by atoms with Crippen molar-refractivity contribution in [2.45, 2.75) is 166 Å². The van der Waals surface area contributed by atoms with Crippen LogP contribution in [0.15, 0.2) is 197 Å². The zero-order chi connectivity index (χ0) is 63.0. The Morgan fingerprint density at radius 1 is 0.448 bits per heavy atom. The molecule has 0 saturated carbocycles. The summed E-state index contributed by atoms with van der Waals surface area (Å²) < 4.78 is 1.33. The van der Waals surface area contributed by atoms with Gasteiger partial charge in [-0.15, -0.1) is 11.5 Å². The van der Waals surface area contributed by atoms with E-state index in [-0.39, 0.29) is 45.6 Å². The van der Waals surface area contributed by atoms with Crippen LogP contribution in [0.25, 0.3) is 34.1 Å². The Kier molecular flexibility index (Phi) is 20.8. The Bertz CT molecular complexity index is 3770. The van der Waals surface area contributed by atoms with Gasteiger partial charge in [-0.05, 0) is 66.3 Å². The molecule has 0 bridgehead atoms. The Hall–Kier alpha value is -3.71. The molecule has 6 aromatic rings. The summed E-state index contributed by atoms with van der Waals surface area (Å²) >= 11 is 7.20. The van der Waals surface area contributed by atoms with Crippen molar-refractivity contribution in [2.24, 2.45) is 11.8 Å². The molecule has 2 fully saturated rings. The normalized spacial score (nSPS) is 20.7. The van der Waals surface area contributed by atoms with Crippen LogP contribution < -0.4 is 22.6 Å². The molecule has 0 radical (unpaired) electrons. The van der Waals surface area contributed by atoms with Crippen LogP contribution in [0.1, 0.15) is 163 Å². The number of fused-ring (bicyclic) bond motifs is 4. The van der Waals surface area contributed by atoms with Crippen LogP contribution >= 0.6 is 23.5 Å². The van der Waals surface area contributed by atoms with E-state index in [0.717, 1.165) is 23.0 Å². The smallest absolute Gasteiger partial charge is 1.00 e. The molecule has 0 spiro atoms. The van der Waals surface area contributed by atoms with Crippen LogP contribution in [0.3, 0.4) is 0 Å². The van der Waals surface area contributed by atoms with Gasteiger partial charge in [0.05, 0.1) is 0 Å². The minimum atomic E-state index is -1.06. The van der Waals surface area contributed by atoms with Gasteiger partial charge in [-0.25, -0.2) is 0 Å². The zero-order valence-corrected chi connectivity index (χ0v) is 64.6. The molecule has 14 rings (SSSR count). The van der Waals surface area contributed by atoms with Crippen LogP contribution in [0.4, 0.5) is 0 Å². The van der Waals surface area contributed by atoms with E-state index in [4.69, 9.17) is 0 Å². The molecule has 8 aliphatic rings. The van der Waals surface area contributed by atoms with Gasteiger partial charge in [-0.1, -0.05) is 225 Å². The maximum absolute atomic E-state index is 11.7. The Morgan fingerprint density at radius 3 is 1.32 bits per heavy atom. The van der Waals surface area contributed by atoms with Crippen molar-refractivity contribution in [3.8, 4) is 22.6 Å². The second kappa shape index (κ2) is 26.1. The molecule has 4 aliphatic carbocycles. The molecule has 4 aliphatic heterocycles. The van der Waals surface area contributed by atoms with Crippen LogP contribution in [0.2, 0.25) is 26.2 Å². The van der Waals surface area contributed by atoms with Gasteiger partial charge in [0, 0.05) is 11.8 Å². The van der Waals surface area contributed by atoms with Gasteiger partial charge < -0.3 is 22.6 Å². The number of benzene rings is 6. The molecule has 2 nitrogen and oxygen atoms in total. The first-order chi connectivity index (χ1) is 40.0. The van der Waals surface area contributed by atoms with Crippen molar-refractivity contribution in [2.75, 3.05) is 0 Å². The molecule has 6 aromatic carbocycles. The van der Waals surface area contributed by atoms with E-state index in [2.05, 4.69) is 270 Å². The summed E-state index contributed by atoms with van der Waals surface area (Å²) in [5.74, 6) is 1.87. The Morgan fingerprint density at radius 2 is 0.874 bits per heavy atom. The van der Waals surface area contributed by atoms with Gasteiger partial charge >= 0.3 is 223 Å². The SMILES string of the molecule is CC(C)(C)c1ccc([O-])c(C(C)(C)C)c1.CC(C)(C)c1ccc([O-])c(C(C)(C)C)c1.CC1=C2C3C(=CC=C3[Si]2(C)C)S1.CC1=C2C3C(=CC=C3[Si]2(C)C)S1.CC1=Cc2c(-c3ccccc3)cccc2[CH]1[Zr].CC1=Cc2c(ccc3ccccc23)[CH]1[Zr].[Cl-]. The fourth-order valence-corrected chi connectivity index (χ4v) is 26.5. The molecule has 87 heavy (non-hydrogen) atoms. The van der Waals surface area contributed by atoms with Crippen molar-refractivity contribution in [3.63, 3.8) is 0 Å². The third-order valence-corrected chi connectivity index (χ3v) is 32.7. The molecule has 0 N–H and O–H groups in total. The molecular formula is C78H90ClO2S2Si2Zr2-3. The second-order valence-corrected chi connectivity index (χ2v) is 43.8. The molecule has 4 unspecified atom stereocenters. The first-order valence-electron chi connectivity index (χ1n) is 30.8. The van der Waals surface area contributed by atoms with Gasteiger partial charge in [0.15, 0.2) is 0 Å². The third kappa shape index (κ3) is 14.1. The summed E-state index contributed by atoms with van der Waals surface area (Å²) in [6, 6.07) is 41.9. The summed E-state index contributed by atoms with van der Waals surface area (Å²) in [5, 5.41) is 33.4. The van der Waals surface area contributed by atoms with E-state index in [1.807, 2.05) is 46.0 Å². The predicted molar refractivity (Wildman–Crippen MR) is 370 cm³/mol. The topological polar surface area (TPSA) is 46.1 Å². The average Bonchev–Trinajstić information content (AvgIpc) is 1.56. The first-order valence-corrected chi connectivity index (χ1v) is 41.3. The number of thioether (sulfide) groups is 2. The maximum Gasteiger partial charge on any atom is -1.00 e. The van der Waals surface area contributed by atoms with Crippen LogP contribution in [-0.4, -0.2) is 16.1 Å². The zero-order valence-electron chi connectivity index (χ0n) is 55.3. The summed E-state index contributed by atoms with van der Waals surface area (Å²) in [6.45, 7) is 44.5. The Balaban J connectivity index is 0.000000136. The number of allylic oxidation sites excluding steroid dienone is 14. The fraction of sp³-hybridized carbons (Fsp3) is 0.359. The van der Waals surface area contributed by atoms with Crippen molar-refractivity contribution in [1.29, 1.82) is 0 Å². The van der Waals surface area contributed by atoms with Crippen LogP contribution in [-0.2, 0) is 71.1 Å². The minimum Gasteiger partial charge on any atom is -1.00 e. The third-order valence-electron chi connectivity index (χ3n) is 18.5. The van der Waals surface area contributed by atoms with Crippen molar-refractivity contribution in [1.82, 2.24) is 0 Å². The summed E-state index contributed by atoms with van der Waals surface area (Å²) in [5.41, 5.74) is 15.9. The largest absolute Gasteiger partial charge is 1.00 e. The van der Waals surface area contributed by atoms with E-state index < -0.39 is 16.1 Å². The number of hydrogen-bond donors (Lipinski definition) is 0. The number of rotatable bonds is 1. The number of hydrogen-bond acceptors (Lipinski definition) is 4. The maximum atomic E-state index is 11.7. The molecule has 0 amide bonds. The molecule has 2 saturated heterocycles. The minimum absolute atomic E-state index is 0. The predicted octanol–water partition coefficient (Wildman–Crippen LogP) is 18.4. The van der Waals surface area contributed by atoms with E-state index in [1.165, 1.54) is 66.4 Å². The van der Waals surface area contributed by atoms with Gasteiger partial charge in [0.2, 0.25) is 0 Å². The number of halogens is 1. The van der Waals surface area contributed by atoms with Gasteiger partial charge in [-0.3, -0.25) is 0 Å². The Labute approximate surface area is 571 Å². The van der Waals surface area contributed by atoms with Crippen LogP contribution in [0.5, 0.6) is 11.5 Å². The van der Waals surface area contributed by atoms with Crippen molar-refractivity contribution < 1.29 is 72.1 Å². The quantitative estimate of drug-likeness (QED) is 0.154. The average molecular weight is 1400 g/mol. The van der Waals surface area contributed by atoms with E-state index in [0.29, 0.717) is 7.25 Å². The van der Waals surface area contributed by atoms with Crippen LogP contribution in [0, 0.1) is 11.8 Å². The summed E-state index contributed by atoms with van der Waals surface area (Å²) in [6.07, 6.45) is 14.2. The molecule has 4 atom stereocenters. The molecule has 452 valence electrons. The standard InChI is InChI=1S/C16H13.2C14H22O.C14H11.2C10H12SSi.ClH.2Zr/c1-12-10-14-8-5-9-15(16(14)11-12)13-6-3-2-4-7-13;2*1-13(2,3)10-7-8-12(15)11(9-10)14(4,5)6;1-10-8-12-7-6-11-4-2-3-5-13(11)14(12)9-10;2*1-6-10-9-7(11-6)4-5-8(9)12(10,2)3;;;/h2-11H,1H3;2*7-9,15H,1-6H3;2-9H,1H3;2*4-5,9H,1-3H3;1H;;/p-3. The molecular weight excluding hydrogens is 1310 g/mol. The molecule has 9 heteroatoms.